The minimum absolute atomic E-state index is 0. The monoisotopic (exact) mass is 225 g/mol. The number of hydrogen-bond acceptors (Lipinski definition) is 0. The van der Waals surface area contributed by atoms with Gasteiger partial charge in [0.15, 0.2) is 0 Å². The Morgan fingerprint density at radius 3 is 0.545 bits per heavy atom. The van der Waals surface area contributed by atoms with E-state index in [1.165, 1.54) is 0 Å². The summed E-state index contributed by atoms with van der Waals surface area (Å²) in [6.45, 7) is 12.0. The zero-order valence-corrected chi connectivity index (χ0v) is 11.9. The molecule has 0 heterocycles. The average Bonchev–Trinajstić information content (AvgIpc) is 1.70. The van der Waals surface area contributed by atoms with Gasteiger partial charge in [0.05, 0.1) is 0 Å². The predicted molar refractivity (Wildman–Crippen MR) is 46.9 cm³/mol. The fraction of sp³-hybridized carbons (Fsp3) is 0.667. The molecule has 0 atom stereocenters. The molecule has 0 aliphatic rings. The summed E-state index contributed by atoms with van der Waals surface area (Å²) >= 11 is 0. The third-order valence-electron chi connectivity index (χ3n) is 0. The van der Waals surface area contributed by atoms with Crippen LogP contribution < -0.4 is 0 Å². The minimum Gasteiger partial charge on any atom is -0.335 e. The first kappa shape index (κ1) is 29.4. The second-order valence-electron chi connectivity index (χ2n) is 1.73. The Kier molecular flexibility index (Phi) is 169. The van der Waals surface area contributed by atoms with Crippen LogP contribution in [0, 0.1) is 19.3 Å². The summed E-state index contributed by atoms with van der Waals surface area (Å²) in [4.78, 5) is 0. The van der Waals surface area contributed by atoms with E-state index in [9.17, 15) is 0 Å². The fourth-order valence-electron chi connectivity index (χ4n) is 0. The largest absolute Gasteiger partial charge is 3.00 e. The molecule has 0 nitrogen and oxygen atoms in total. The van der Waals surface area contributed by atoms with Gasteiger partial charge in [0.25, 0.3) is 0 Å². The first-order valence-electron chi connectivity index (χ1n) is 3.46. The quantitative estimate of drug-likeness (QED) is 0.435. The Morgan fingerprint density at radius 2 is 0.545 bits per heavy atom. The molecule has 0 aromatic carbocycles. The zero-order valence-electron chi connectivity index (χ0n) is 8.73. The Labute approximate surface area is 104 Å². The number of rotatable bonds is 0. The Balaban J connectivity index is -0.0000000150. The molecule has 0 spiro atoms. The van der Waals surface area contributed by atoms with Crippen molar-refractivity contribution < 1.29 is 43.4 Å². The molecule has 0 unspecified atom stereocenters. The fourth-order valence-corrected chi connectivity index (χ4v) is 0. The molecule has 0 saturated carbocycles. The molecule has 0 aliphatic heterocycles. The van der Waals surface area contributed by atoms with E-state index in [0.29, 0.717) is 0 Å². The topological polar surface area (TPSA) is 0 Å². The summed E-state index contributed by atoms with van der Waals surface area (Å²) < 4.78 is 0. The summed E-state index contributed by atoms with van der Waals surface area (Å²) in [7, 11) is 0. The average molecular weight is 225 g/mol. The van der Waals surface area contributed by atoms with Crippen molar-refractivity contribution in [3.8, 4) is 0 Å². The third-order valence-corrected chi connectivity index (χ3v) is 0. The van der Waals surface area contributed by atoms with Gasteiger partial charge in [-0.25, -0.2) is 0 Å². The minimum atomic E-state index is 0. The summed E-state index contributed by atoms with van der Waals surface area (Å²) in [5, 5.41) is 0. The molecule has 0 aliphatic carbocycles. The van der Waals surface area contributed by atoms with Crippen LogP contribution in [0.1, 0.15) is 41.5 Å². The summed E-state index contributed by atoms with van der Waals surface area (Å²) in [5.74, 6) is 0. The van der Waals surface area contributed by atoms with Crippen molar-refractivity contribution in [2.45, 2.75) is 41.5 Å². The van der Waals surface area contributed by atoms with E-state index >= 15 is 0 Å². The van der Waals surface area contributed by atoms with Crippen molar-refractivity contribution >= 4 is 0 Å². The Morgan fingerprint density at radius 1 is 0.545 bits per heavy atom. The summed E-state index contributed by atoms with van der Waals surface area (Å²) in [6, 6.07) is 0. The van der Waals surface area contributed by atoms with Gasteiger partial charge in [0.2, 0.25) is 0 Å². The molecule has 0 aromatic rings. The van der Waals surface area contributed by atoms with Crippen LogP contribution in [0.3, 0.4) is 0 Å². The first-order chi connectivity index (χ1) is 4.24. The normalized spacial score (nSPS) is 4.91. The smallest absolute Gasteiger partial charge is 0.335 e. The molecule has 0 rings (SSSR count). The van der Waals surface area contributed by atoms with Crippen molar-refractivity contribution in [2.75, 3.05) is 0 Å². The molecule has 2 heteroatoms. The van der Waals surface area contributed by atoms with E-state index in [1.807, 2.05) is 60.8 Å². The van der Waals surface area contributed by atoms with Gasteiger partial charge in [-0.2, -0.15) is 41.5 Å². The van der Waals surface area contributed by atoms with Gasteiger partial charge >= 0.3 is 21.7 Å². The van der Waals surface area contributed by atoms with Crippen molar-refractivity contribution in [3.05, 3.63) is 19.3 Å². The second kappa shape index (κ2) is 63.4. The van der Waals surface area contributed by atoms with Gasteiger partial charge in [-0.3, -0.25) is 0 Å². The van der Waals surface area contributed by atoms with E-state index < -0.39 is 0 Å². The molecule has 1 radical (unpaired) electrons. The van der Waals surface area contributed by atoms with Crippen molar-refractivity contribution in [2.24, 2.45) is 0 Å². The van der Waals surface area contributed by atoms with Crippen LogP contribution in [-0.2, 0) is 43.4 Å². The van der Waals surface area contributed by atoms with Crippen molar-refractivity contribution in [3.63, 3.8) is 0 Å². The van der Waals surface area contributed by atoms with Gasteiger partial charge < -0.3 is 19.3 Å². The van der Waals surface area contributed by atoms with E-state index in [2.05, 4.69) is 0 Å². The van der Waals surface area contributed by atoms with Crippen LogP contribution in [0.4, 0.5) is 0 Å². The van der Waals surface area contributed by atoms with Crippen LogP contribution in [0.5, 0.6) is 0 Å². The summed E-state index contributed by atoms with van der Waals surface area (Å²) in [6.07, 6.45) is 6.00. The second-order valence-corrected chi connectivity index (χ2v) is 1.73. The molecule has 0 fully saturated rings. The van der Waals surface area contributed by atoms with Crippen LogP contribution >= 0.6 is 0 Å². The maximum absolute atomic E-state index is 2.00. The van der Waals surface area contributed by atoms with Crippen LogP contribution in [-0.4, -0.2) is 0 Å². The van der Waals surface area contributed by atoms with Gasteiger partial charge in [-0.1, -0.05) is 0 Å². The molecule has 0 amide bonds. The van der Waals surface area contributed by atoms with Crippen LogP contribution in [0.25, 0.3) is 0 Å². The molecule has 11 heavy (non-hydrogen) atoms. The standard InChI is InChI=1S/3C3H7.2Ti/c3*1-3-2;;/h3*3H,1-2H3;;/q3*-1;;+3. The zero-order chi connectivity index (χ0) is 8.12. The molecule has 0 aromatic heterocycles. The Bertz CT molecular complexity index is 12.3. The van der Waals surface area contributed by atoms with Gasteiger partial charge in [0, 0.05) is 21.7 Å². The number of hydrogen-bond donors (Lipinski definition) is 0. The third kappa shape index (κ3) is 498. The SMILES string of the molecule is C[CH-]C.C[CH-]C.C[CH-]C.[Ti+3].[Ti]. The summed E-state index contributed by atoms with van der Waals surface area (Å²) in [5.41, 5.74) is 0. The van der Waals surface area contributed by atoms with Crippen LogP contribution in [0.15, 0.2) is 0 Å². The molecular formula is C9H21Ti2. The van der Waals surface area contributed by atoms with Gasteiger partial charge in [-0.15, -0.1) is 0 Å². The van der Waals surface area contributed by atoms with Crippen molar-refractivity contribution in [1.29, 1.82) is 0 Å². The van der Waals surface area contributed by atoms with Crippen molar-refractivity contribution in [1.82, 2.24) is 0 Å². The molecule has 65 valence electrons. The maximum atomic E-state index is 2.00. The molecule has 0 bridgehead atoms. The van der Waals surface area contributed by atoms with E-state index in [0.717, 1.165) is 0 Å². The van der Waals surface area contributed by atoms with E-state index in [-0.39, 0.29) is 43.4 Å². The van der Waals surface area contributed by atoms with Gasteiger partial charge in [0.1, 0.15) is 0 Å². The van der Waals surface area contributed by atoms with E-state index in [4.69, 9.17) is 0 Å². The Hall–Kier alpha value is 1.43. The predicted octanol–water partition coefficient (Wildman–Crippen LogP) is 3.69. The van der Waals surface area contributed by atoms with Gasteiger partial charge in [-0.05, 0) is 0 Å². The molecule has 0 N–H and O–H groups in total. The first-order valence-corrected chi connectivity index (χ1v) is 3.46. The maximum Gasteiger partial charge on any atom is 3.00 e. The molecule has 0 saturated heterocycles. The van der Waals surface area contributed by atoms with Crippen LogP contribution in [0.2, 0.25) is 0 Å². The molecular weight excluding hydrogens is 204 g/mol. The van der Waals surface area contributed by atoms with E-state index in [1.54, 1.807) is 0 Å².